The van der Waals surface area contributed by atoms with Crippen LogP contribution in [-0.4, -0.2) is 53.0 Å². The first-order valence-corrected chi connectivity index (χ1v) is 10.3. The molecule has 2 aliphatic rings. The Balaban J connectivity index is 1.58. The molecule has 0 atom stereocenters. The summed E-state index contributed by atoms with van der Waals surface area (Å²) in [5, 5.41) is 3.54. The molecule has 1 N–H and O–H groups in total. The fourth-order valence-corrected chi connectivity index (χ4v) is 3.88. The van der Waals surface area contributed by atoms with Gasteiger partial charge in [0.1, 0.15) is 5.82 Å². The Labute approximate surface area is 157 Å². The topological polar surface area (TPSA) is 61.4 Å². The van der Waals surface area contributed by atoms with Crippen molar-refractivity contribution < 1.29 is 4.79 Å². The molecule has 1 saturated heterocycles. The lowest BCUT2D eigenvalue weighted by molar-refractivity contribution is -0.131. The highest BCUT2D eigenvalue weighted by atomic mass is 16.2. The van der Waals surface area contributed by atoms with Crippen LogP contribution in [0.5, 0.6) is 0 Å². The van der Waals surface area contributed by atoms with Gasteiger partial charge in [-0.05, 0) is 26.2 Å². The maximum Gasteiger partial charge on any atom is 0.225 e. The van der Waals surface area contributed by atoms with E-state index in [-0.39, 0.29) is 0 Å². The van der Waals surface area contributed by atoms with Gasteiger partial charge in [-0.15, -0.1) is 0 Å². The van der Waals surface area contributed by atoms with Gasteiger partial charge in [0.05, 0.1) is 0 Å². The molecule has 1 aliphatic heterocycles. The van der Waals surface area contributed by atoms with Crippen LogP contribution in [0.25, 0.3) is 0 Å². The number of aryl methyl sites for hydroxylation is 1. The van der Waals surface area contributed by atoms with Gasteiger partial charge in [0.15, 0.2) is 0 Å². The Morgan fingerprint density at radius 3 is 2.58 bits per heavy atom. The second-order valence-corrected chi connectivity index (χ2v) is 7.64. The van der Waals surface area contributed by atoms with Crippen LogP contribution in [0.2, 0.25) is 0 Å². The van der Waals surface area contributed by atoms with Crippen LogP contribution in [0.1, 0.15) is 64.0 Å². The summed E-state index contributed by atoms with van der Waals surface area (Å²) in [7, 11) is 0. The standard InChI is InChI=1S/C20H33N5O/c1-3-4-10-19(26)25-13-11-24(12-14-25)18-15-16(2)21-20(23-18)22-17-8-6-5-7-9-17/h15,17H,3-14H2,1-2H3,(H,21,22,23). The maximum absolute atomic E-state index is 12.2. The minimum absolute atomic E-state index is 0.296. The van der Waals surface area contributed by atoms with Crippen molar-refractivity contribution in [3.8, 4) is 0 Å². The summed E-state index contributed by atoms with van der Waals surface area (Å²) in [4.78, 5) is 25.8. The SMILES string of the molecule is CCCCC(=O)N1CCN(c2cc(C)nc(NC3CCCCC3)n2)CC1. The minimum Gasteiger partial charge on any atom is -0.353 e. The van der Waals surface area contributed by atoms with E-state index in [0.717, 1.165) is 56.5 Å². The van der Waals surface area contributed by atoms with Crippen LogP contribution in [0, 0.1) is 6.92 Å². The van der Waals surface area contributed by atoms with Crippen LogP contribution in [0.4, 0.5) is 11.8 Å². The lowest BCUT2D eigenvalue weighted by Gasteiger charge is -2.35. The van der Waals surface area contributed by atoms with Crippen molar-refractivity contribution in [1.82, 2.24) is 14.9 Å². The molecule has 0 spiro atoms. The quantitative estimate of drug-likeness (QED) is 0.844. The maximum atomic E-state index is 12.2. The van der Waals surface area contributed by atoms with Gasteiger partial charge >= 0.3 is 0 Å². The molecule has 3 rings (SSSR count). The van der Waals surface area contributed by atoms with E-state index in [4.69, 9.17) is 4.98 Å². The monoisotopic (exact) mass is 359 g/mol. The first kappa shape index (κ1) is 18.9. The highest BCUT2D eigenvalue weighted by Crippen LogP contribution is 2.22. The number of hydrogen-bond acceptors (Lipinski definition) is 5. The molecule has 144 valence electrons. The van der Waals surface area contributed by atoms with Gasteiger partial charge in [0.25, 0.3) is 0 Å². The fraction of sp³-hybridized carbons (Fsp3) is 0.750. The number of unbranched alkanes of at least 4 members (excludes halogenated alkanes) is 1. The number of hydrogen-bond donors (Lipinski definition) is 1. The van der Waals surface area contributed by atoms with E-state index in [2.05, 4.69) is 28.2 Å². The third kappa shape index (κ3) is 5.08. The van der Waals surface area contributed by atoms with Crippen LogP contribution < -0.4 is 10.2 Å². The molecular weight excluding hydrogens is 326 g/mol. The Morgan fingerprint density at radius 2 is 1.88 bits per heavy atom. The Bertz CT molecular complexity index is 592. The van der Waals surface area contributed by atoms with Gasteiger partial charge in [-0.2, -0.15) is 4.98 Å². The number of nitrogens with zero attached hydrogens (tertiary/aromatic N) is 4. The summed E-state index contributed by atoms with van der Waals surface area (Å²) in [5.74, 6) is 2.04. The number of rotatable bonds is 6. The van der Waals surface area contributed by atoms with Crippen molar-refractivity contribution in [1.29, 1.82) is 0 Å². The molecule has 0 radical (unpaired) electrons. The molecule has 6 nitrogen and oxygen atoms in total. The van der Waals surface area contributed by atoms with Crippen molar-refractivity contribution in [2.24, 2.45) is 0 Å². The van der Waals surface area contributed by atoms with Crippen LogP contribution in [0.15, 0.2) is 6.07 Å². The molecule has 1 saturated carbocycles. The molecule has 6 heteroatoms. The zero-order valence-electron chi connectivity index (χ0n) is 16.3. The highest BCUT2D eigenvalue weighted by Gasteiger charge is 2.22. The third-order valence-electron chi connectivity index (χ3n) is 5.48. The summed E-state index contributed by atoms with van der Waals surface area (Å²) in [6.45, 7) is 7.42. The second-order valence-electron chi connectivity index (χ2n) is 7.64. The second kappa shape index (κ2) is 9.19. The highest BCUT2D eigenvalue weighted by molar-refractivity contribution is 5.76. The van der Waals surface area contributed by atoms with Gasteiger partial charge in [-0.1, -0.05) is 32.6 Å². The first-order chi connectivity index (χ1) is 12.7. The molecule has 0 bridgehead atoms. The van der Waals surface area contributed by atoms with Gasteiger partial charge < -0.3 is 15.1 Å². The summed E-state index contributed by atoms with van der Waals surface area (Å²) in [6.07, 6.45) is 9.10. The van der Waals surface area contributed by atoms with Crippen LogP contribution in [-0.2, 0) is 4.79 Å². The normalized spacial score (nSPS) is 18.8. The largest absolute Gasteiger partial charge is 0.353 e. The number of anilines is 2. The molecule has 0 unspecified atom stereocenters. The van der Waals surface area contributed by atoms with Crippen molar-refractivity contribution in [3.05, 3.63) is 11.8 Å². The molecule has 0 aromatic carbocycles. The number of carbonyl (C=O) groups excluding carboxylic acids is 1. The predicted octanol–water partition coefficient (Wildman–Crippen LogP) is 3.37. The smallest absolute Gasteiger partial charge is 0.225 e. The fourth-order valence-electron chi connectivity index (χ4n) is 3.88. The average molecular weight is 360 g/mol. The predicted molar refractivity (Wildman–Crippen MR) is 106 cm³/mol. The summed E-state index contributed by atoms with van der Waals surface area (Å²) < 4.78 is 0. The molecule has 1 aromatic heterocycles. The molecule has 2 fully saturated rings. The van der Waals surface area contributed by atoms with E-state index >= 15 is 0 Å². The number of nitrogens with one attached hydrogen (secondary N) is 1. The van der Waals surface area contributed by atoms with Crippen molar-refractivity contribution >= 4 is 17.7 Å². The van der Waals surface area contributed by atoms with Crippen LogP contribution in [0.3, 0.4) is 0 Å². The molecule has 1 aromatic rings. The first-order valence-electron chi connectivity index (χ1n) is 10.3. The van der Waals surface area contributed by atoms with E-state index < -0.39 is 0 Å². The zero-order valence-corrected chi connectivity index (χ0v) is 16.3. The zero-order chi connectivity index (χ0) is 18.4. The Kier molecular flexibility index (Phi) is 6.69. The molecular formula is C20H33N5O. The lowest BCUT2D eigenvalue weighted by atomic mass is 9.96. The molecule has 2 heterocycles. The van der Waals surface area contributed by atoms with E-state index in [1.807, 2.05) is 11.8 Å². The van der Waals surface area contributed by atoms with E-state index in [1.165, 1.54) is 32.1 Å². The van der Waals surface area contributed by atoms with E-state index in [9.17, 15) is 4.79 Å². The Hall–Kier alpha value is -1.85. The minimum atomic E-state index is 0.296. The number of aromatic nitrogens is 2. The third-order valence-corrected chi connectivity index (χ3v) is 5.48. The summed E-state index contributed by atoms with van der Waals surface area (Å²) >= 11 is 0. The van der Waals surface area contributed by atoms with Crippen molar-refractivity contribution in [3.63, 3.8) is 0 Å². The summed E-state index contributed by atoms with van der Waals surface area (Å²) in [5.41, 5.74) is 0.995. The van der Waals surface area contributed by atoms with Gasteiger partial charge in [-0.3, -0.25) is 4.79 Å². The molecule has 26 heavy (non-hydrogen) atoms. The number of carbonyl (C=O) groups is 1. The average Bonchev–Trinajstić information content (AvgIpc) is 2.66. The van der Waals surface area contributed by atoms with Crippen molar-refractivity contribution in [2.75, 3.05) is 36.4 Å². The van der Waals surface area contributed by atoms with Crippen molar-refractivity contribution in [2.45, 2.75) is 71.3 Å². The lowest BCUT2D eigenvalue weighted by Crippen LogP contribution is -2.49. The molecule has 1 amide bonds. The van der Waals surface area contributed by atoms with Gasteiger partial charge in [0.2, 0.25) is 11.9 Å². The van der Waals surface area contributed by atoms with Gasteiger partial charge in [0, 0.05) is 50.4 Å². The Morgan fingerprint density at radius 1 is 1.15 bits per heavy atom. The van der Waals surface area contributed by atoms with Gasteiger partial charge in [-0.25, -0.2) is 4.98 Å². The van der Waals surface area contributed by atoms with Crippen LogP contribution >= 0.6 is 0 Å². The number of piperazine rings is 1. The van der Waals surface area contributed by atoms with E-state index in [0.29, 0.717) is 18.4 Å². The van der Waals surface area contributed by atoms with E-state index in [1.54, 1.807) is 0 Å². The molecule has 1 aliphatic carbocycles. The number of amides is 1. The summed E-state index contributed by atoms with van der Waals surface area (Å²) in [6, 6.07) is 2.56.